The van der Waals surface area contributed by atoms with Crippen molar-refractivity contribution in [3.63, 3.8) is 0 Å². The molecule has 1 aromatic carbocycles. The highest BCUT2D eigenvalue weighted by atomic mass is 19.1. The molecule has 1 aromatic rings. The van der Waals surface area contributed by atoms with Crippen molar-refractivity contribution in [3.8, 4) is 0 Å². The Labute approximate surface area is 125 Å². The molecular weight excluding hydrogens is 271 g/mol. The van der Waals surface area contributed by atoms with Gasteiger partial charge in [-0.1, -0.05) is 12.1 Å². The van der Waals surface area contributed by atoms with E-state index in [1.807, 2.05) is 7.05 Å². The van der Waals surface area contributed by atoms with Gasteiger partial charge in [-0.2, -0.15) is 0 Å². The summed E-state index contributed by atoms with van der Waals surface area (Å²) in [7, 11) is 3.59. The van der Waals surface area contributed by atoms with Gasteiger partial charge in [0.2, 0.25) is 5.91 Å². The Balaban J connectivity index is 2.13. The molecule has 1 amide bonds. The molecule has 1 aliphatic rings. The summed E-state index contributed by atoms with van der Waals surface area (Å²) in [6.07, 6.45) is 2.41. The molecule has 2 rings (SSSR count). The molecule has 1 saturated heterocycles. The molecule has 0 saturated carbocycles. The number of ether oxygens (including phenoxy) is 1. The van der Waals surface area contributed by atoms with Gasteiger partial charge in [0, 0.05) is 13.7 Å². The van der Waals surface area contributed by atoms with Crippen LogP contribution >= 0.6 is 0 Å². The van der Waals surface area contributed by atoms with E-state index in [4.69, 9.17) is 4.74 Å². The first-order valence-corrected chi connectivity index (χ1v) is 7.31. The zero-order valence-electron chi connectivity index (χ0n) is 12.7. The van der Waals surface area contributed by atoms with Crippen molar-refractivity contribution in [3.05, 3.63) is 35.6 Å². The smallest absolute Gasteiger partial charge is 0.240 e. The fourth-order valence-electron chi connectivity index (χ4n) is 2.98. The van der Waals surface area contributed by atoms with Crippen molar-refractivity contribution in [1.82, 2.24) is 10.2 Å². The Morgan fingerprint density at radius 1 is 1.43 bits per heavy atom. The minimum atomic E-state index is -0.536. The Hall–Kier alpha value is -1.46. The molecule has 5 heteroatoms. The van der Waals surface area contributed by atoms with E-state index in [2.05, 4.69) is 10.2 Å². The van der Waals surface area contributed by atoms with Crippen LogP contribution in [0.5, 0.6) is 0 Å². The van der Waals surface area contributed by atoms with Crippen LogP contribution in [0.25, 0.3) is 0 Å². The lowest BCUT2D eigenvalue weighted by Gasteiger charge is -2.35. The Morgan fingerprint density at radius 2 is 2.14 bits per heavy atom. The predicted octanol–water partition coefficient (Wildman–Crippen LogP) is 1.60. The Bertz CT molecular complexity index is 478. The first-order chi connectivity index (χ1) is 10.1. The van der Waals surface area contributed by atoms with Crippen LogP contribution < -0.4 is 5.32 Å². The molecule has 0 bridgehead atoms. The van der Waals surface area contributed by atoms with Gasteiger partial charge >= 0.3 is 0 Å². The van der Waals surface area contributed by atoms with Gasteiger partial charge in [0.05, 0.1) is 6.61 Å². The first-order valence-electron chi connectivity index (χ1n) is 7.31. The number of hydrogen-bond acceptors (Lipinski definition) is 3. The van der Waals surface area contributed by atoms with Crippen molar-refractivity contribution in [1.29, 1.82) is 0 Å². The number of carbonyl (C=O) groups excluding carboxylic acids is 1. The minimum absolute atomic E-state index is 0.0314. The van der Waals surface area contributed by atoms with Gasteiger partial charge in [0.15, 0.2) is 0 Å². The second-order valence-electron chi connectivity index (χ2n) is 5.61. The normalized spacial score (nSPS) is 22.4. The molecule has 1 N–H and O–H groups in total. The molecule has 1 heterocycles. The summed E-state index contributed by atoms with van der Waals surface area (Å²) in [4.78, 5) is 14.8. The maximum atomic E-state index is 13.0. The highest BCUT2D eigenvalue weighted by Gasteiger charge is 2.45. The van der Waals surface area contributed by atoms with Crippen LogP contribution in [0.4, 0.5) is 4.39 Å². The Kier molecular flexibility index (Phi) is 5.31. The number of likely N-dealkylation sites (N-methyl/N-ethyl adjacent to an activating group) is 1. The van der Waals surface area contributed by atoms with E-state index in [0.29, 0.717) is 19.6 Å². The molecule has 21 heavy (non-hydrogen) atoms. The van der Waals surface area contributed by atoms with Gasteiger partial charge < -0.3 is 10.1 Å². The summed E-state index contributed by atoms with van der Waals surface area (Å²) in [6.45, 7) is 1.91. The van der Waals surface area contributed by atoms with Crippen LogP contribution in [0.1, 0.15) is 18.4 Å². The number of likely N-dealkylation sites (tertiary alicyclic amines) is 1. The van der Waals surface area contributed by atoms with Gasteiger partial charge in [-0.3, -0.25) is 9.69 Å². The van der Waals surface area contributed by atoms with Crippen molar-refractivity contribution in [2.24, 2.45) is 0 Å². The highest BCUT2D eigenvalue weighted by molar-refractivity contribution is 5.87. The van der Waals surface area contributed by atoms with Crippen molar-refractivity contribution in [2.75, 3.05) is 33.9 Å². The van der Waals surface area contributed by atoms with E-state index >= 15 is 0 Å². The molecular formula is C16H23FN2O2. The highest BCUT2D eigenvalue weighted by Crippen LogP contribution is 2.31. The maximum Gasteiger partial charge on any atom is 0.240 e. The van der Waals surface area contributed by atoms with E-state index in [-0.39, 0.29) is 11.7 Å². The minimum Gasteiger partial charge on any atom is -0.383 e. The molecule has 1 aliphatic heterocycles. The van der Waals surface area contributed by atoms with E-state index < -0.39 is 5.54 Å². The van der Waals surface area contributed by atoms with Crippen LogP contribution in [-0.2, 0) is 16.0 Å². The van der Waals surface area contributed by atoms with Crippen molar-refractivity contribution >= 4 is 5.91 Å². The summed E-state index contributed by atoms with van der Waals surface area (Å²) >= 11 is 0. The summed E-state index contributed by atoms with van der Waals surface area (Å²) in [5.41, 5.74) is 0.443. The number of nitrogens with one attached hydrogen (secondary N) is 1. The van der Waals surface area contributed by atoms with Gasteiger partial charge in [-0.25, -0.2) is 4.39 Å². The number of nitrogens with zero attached hydrogens (tertiary/aromatic N) is 1. The average Bonchev–Trinajstić information content (AvgIpc) is 2.84. The molecule has 0 spiro atoms. The lowest BCUT2D eigenvalue weighted by molar-refractivity contribution is -0.131. The quantitative estimate of drug-likeness (QED) is 0.810. The average molecular weight is 294 g/mol. The predicted molar refractivity (Wildman–Crippen MR) is 79.6 cm³/mol. The monoisotopic (exact) mass is 294 g/mol. The molecule has 4 nitrogen and oxygen atoms in total. The third-order valence-electron chi connectivity index (χ3n) is 4.24. The summed E-state index contributed by atoms with van der Waals surface area (Å²) in [5, 5.41) is 2.95. The summed E-state index contributed by atoms with van der Waals surface area (Å²) in [6, 6.07) is 6.40. The zero-order valence-corrected chi connectivity index (χ0v) is 12.7. The largest absolute Gasteiger partial charge is 0.383 e. The third-order valence-corrected chi connectivity index (χ3v) is 4.24. The zero-order chi connectivity index (χ0) is 15.3. The maximum absolute atomic E-state index is 13.0. The lowest BCUT2D eigenvalue weighted by atomic mass is 9.87. The molecule has 1 fully saturated rings. The van der Waals surface area contributed by atoms with Crippen molar-refractivity contribution < 1.29 is 13.9 Å². The number of carbonyl (C=O) groups is 1. The number of hydrogen-bond donors (Lipinski definition) is 1. The van der Waals surface area contributed by atoms with Crippen LogP contribution in [0.3, 0.4) is 0 Å². The summed E-state index contributed by atoms with van der Waals surface area (Å²) < 4.78 is 18.0. The molecule has 0 radical (unpaired) electrons. The Morgan fingerprint density at radius 3 is 2.71 bits per heavy atom. The number of methoxy groups -OCH3 is 1. The van der Waals surface area contributed by atoms with E-state index in [1.165, 1.54) is 12.1 Å². The third kappa shape index (κ3) is 3.60. The number of amides is 1. The molecule has 0 aliphatic carbocycles. The van der Waals surface area contributed by atoms with Crippen LogP contribution in [0.2, 0.25) is 0 Å². The second kappa shape index (κ2) is 7.00. The van der Waals surface area contributed by atoms with Crippen LogP contribution in [0.15, 0.2) is 24.3 Å². The van der Waals surface area contributed by atoms with E-state index in [0.717, 1.165) is 24.9 Å². The van der Waals surface area contributed by atoms with Gasteiger partial charge in [0.25, 0.3) is 0 Å². The molecule has 0 unspecified atom stereocenters. The van der Waals surface area contributed by atoms with Crippen molar-refractivity contribution in [2.45, 2.75) is 24.8 Å². The topological polar surface area (TPSA) is 41.6 Å². The van der Waals surface area contributed by atoms with E-state index in [9.17, 15) is 9.18 Å². The second-order valence-corrected chi connectivity index (χ2v) is 5.61. The molecule has 1 atom stereocenters. The number of rotatable bonds is 6. The molecule has 0 aromatic heterocycles. The molecule has 116 valence electrons. The number of benzene rings is 1. The number of halogens is 1. The van der Waals surface area contributed by atoms with Crippen LogP contribution in [-0.4, -0.2) is 50.2 Å². The standard InChI is InChI=1S/C16H23FN2O2/c1-19-10-3-8-16(19,15(20)18-9-11-21-2)12-13-4-6-14(17)7-5-13/h4-7H,3,8-12H2,1-2H3,(H,18,20)/t16-/m1/s1. The fourth-order valence-corrected chi connectivity index (χ4v) is 2.98. The van der Waals surface area contributed by atoms with Crippen LogP contribution in [0, 0.1) is 5.82 Å². The SMILES string of the molecule is COCCNC(=O)[C@]1(Cc2ccc(F)cc2)CCCN1C. The fraction of sp³-hybridized carbons (Fsp3) is 0.562. The van der Waals surface area contributed by atoms with Gasteiger partial charge in [0.1, 0.15) is 11.4 Å². The summed E-state index contributed by atoms with van der Waals surface area (Å²) in [5.74, 6) is -0.221. The first kappa shape index (κ1) is 15.9. The lowest BCUT2D eigenvalue weighted by Crippen LogP contribution is -2.56. The van der Waals surface area contributed by atoms with Gasteiger partial charge in [-0.15, -0.1) is 0 Å². The van der Waals surface area contributed by atoms with E-state index in [1.54, 1.807) is 19.2 Å². The van der Waals surface area contributed by atoms with Gasteiger partial charge in [-0.05, 0) is 50.6 Å².